The van der Waals surface area contributed by atoms with Gasteiger partial charge in [-0.1, -0.05) is 12.1 Å². The molecular weight excluding hydrogens is 214 g/mol. The van der Waals surface area contributed by atoms with E-state index in [1.54, 1.807) is 12.1 Å². The van der Waals surface area contributed by atoms with Crippen LogP contribution in [0.25, 0.3) is 0 Å². The zero-order chi connectivity index (χ0) is 12.3. The van der Waals surface area contributed by atoms with Crippen molar-refractivity contribution in [3.8, 4) is 0 Å². The highest BCUT2D eigenvalue weighted by atomic mass is 16.1. The van der Waals surface area contributed by atoms with Gasteiger partial charge in [0, 0.05) is 5.69 Å². The highest BCUT2D eigenvalue weighted by Gasteiger charge is 2.02. The summed E-state index contributed by atoms with van der Waals surface area (Å²) in [5.74, 6) is 0. The van der Waals surface area contributed by atoms with Gasteiger partial charge in [-0.2, -0.15) is 10.1 Å². The first-order valence-electron chi connectivity index (χ1n) is 5.37. The molecule has 0 aliphatic rings. The average Bonchev–Trinajstić information content (AvgIpc) is 2.58. The van der Waals surface area contributed by atoms with E-state index in [1.807, 2.05) is 42.8 Å². The topological polar surface area (TPSA) is 47.2 Å². The Morgan fingerprint density at radius 1 is 1.35 bits per heavy atom. The largest absolute Gasteiger partial charge is 0.265 e. The standard InChI is InChI=1S/C13H13N3O/c1-10-6-11(2)16(15-10)8-12-4-3-5-13(7-12)14-9-17/h3-7H,8H2,1-2H3. The van der Waals surface area contributed by atoms with Crippen LogP contribution in [-0.2, 0) is 11.3 Å². The summed E-state index contributed by atoms with van der Waals surface area (Å²) in [6.45, 7) is 4.67. The average molecular weight is 227 g/mol. The SMILES string of the molecule is Cc1cc(C)n(Cc2cccc(N=C=O)c2)n1. The van der Waals surface area contributed by atoms with Gasteiger partial charge in [0.2, 0.25) is 6.08 Å². The Hall–Kier alpha value is -2.19. The second-order valence-electron chi connectivity index (χ2n) is 3.96. The monoisotopic (exact) mass is 227 g/mol. The maximum Gasteiger partial charge on any atom is 0.240 e. The van der Waals surface area contributed by atoms with Gasteiger partial charge in [-0.25, -0.2) is 4.79 Å². The maximum absolute atomic E-state index is 10.2. The Kier molecular flexibility index (Phi) is 3.17. The van der Waals surface area contributed by atoms with Gasteiger partial charge in [-0.05, 0) is 37.6 Å². The number of benzene rings is 1. The fourth-order valence-electron chi connectivity index (χ4n) is 1.79. The van der Waals surface area contributed by atoms with Gasteiger partial charge in [0.1, 0.15) is 0 Å². The fraction of sp³-hybridized carbons (Fsp3) is 0.231. The van der Waals surface area contributed by atoms with Crippen LogP contribution in [0.15, 0.2) is 35.3 Å². The Morgan fingerprint density at radius 3 is 2.82 bits per heavy atom. The number of rotatable bonds is 3. The molecule has 0 amide bonds. The molecule has 17 heavy (non-hydrogen) atoms. The van der Waals surface area contributed by atoms with Gasteiger partial charge >= 0.3 is 0 Å². The molecule has 0 aliphatic heterocycles. The van der Waals surface area contributed by atoms with E-state index in [1.165, 1.54) is 0 Å². The van der Waals surface area contributed by atoms with E-state index >= 15 is 0 Å². The number of carbonyl (C=O) groups excluding carboxylic acids is 1. The van der Waals surface area contributed by atoms with Crippen LogP contribution in [-0.4, -0.2) is 15.9 Å². The first-order valence-corrected chi connectivity index (χ1v) is 5.37. The van der Waals surface area contributed by atoms with Gasteiger partial charge in [0.15, 0.2) is 0 Å². The minimum absolute atomic E-state index is 0.624. The van der Waals surface area contributed by atoms with Crippen molar-refractivity contribution in [1.29, 1.82) is 0 Å². The molecule has 2 aromatic rings. The lowest BCUT2D eigenvalue weighted by Crippen LogP contribution is -2.03. The molecule has 0 saturated heterocycles. The van der Waals surface area contributed by atoms with Crippen molar-refractivity contribution in [3.05, 3.63) is 47.3 Å². The second-order valence-corrected chi connectivity index (χ2v) is 3.96. The summed E-state index contributed by atoms with van der Waals surface area (Å²) < 4.78 is 1.93. The molecule has 1 heterocycles. The third-order valence-electron chi connectivity index (χ3n) is 2.52. The molecule has 1 aromatic carbocycles. The second kappa shape index (κ2) is 4.76. The summed E-state index contributed by atoms with van der Waals surface area (Å²) in [6, 6.07) is 9.53. The quantitative estimate of drug-likeness (QED) is 0.597. The van der Waals surface area contributed by atoms with Crippen molar-refractivity contribution in [1.82, 2.24) is 9.78 Å². The number of aliphatic imine (C=N–C) groups is 1. The summed E-state index contributed by atoms with van der Waals surface area (Å²) in [4.78, 5) is 13.8. The Morgan fingerprint density at radius 2 is 2.18 bits per heavy atom. The molecule has 1 aromatic heterocycles. The molecule has 0 unspecified atom stereocenters. The molecule has 0 aliphatic carbocycles. The van der Waals surface area contributed by atoms with E-state index in [0.29, 0.717) is 12.2 Å². The highest BCUT2D eigenvalue weighted by Crippen LogP contribution is 2.15. The number of aromatic nitrogens is 2. The molecule has 4 heteroatoms. The lowest BCUT2D eigenvalue weighted by Gasteiger charge is -2.04. The summed E-state index contributed by atoms with van der Waals surface area (Å²) in [6.07, 6.45) is 1.54. The minimum atomic E-state index is 0.624. The maximum atomic E-state index is 10.2. The van der Waals surface area contributed by atoms with E-state index in [4.69, 9.17) is 0 Å². The van der Waals surface area contributed by atoms with Crippen LogP contribution in [0.4, 0.5) is 5.69 Å². The van der Waals surface area contributed by atoms with Crippen LogP contribution < -0.4 is 0 Å². The normalized spacial score (nSPS) is 10.0. The Balaban J connectivity index is 2.26. The third-order valence-corrected chi connectivity index (χ3v) is 2.52. The van der Waals surface area contributed by atoms with Crippen molar-refractivity contribution in [2.24, 2.45) is 4.99 Å². The molecule has 0 fully saturated rings. The Bertz CT molecular complexity index is 580. The van der Waals surface area contributed by atoms with Crippen LogP contribution in [0.2, 0.25) is 0 Å². The van der Waals surface area contributed by atoms with E-state index in [-0.39, 0.29) is 0 Å². The predicted molar refractivity (Wildman–Crippen MR) is 65.0 cm³/mol. The molecular formula is C13H13N3O. The smallest absolute Gasteiger partial charge is 0.240 e. The van der Waals surface area contributed by atoms with Crippen molar-refractivity contribution in [2.75, 3.05) is 0 Å². The molecule has 0 saturated carbocycles. The van der Waals surface area contributed by atoms with Crippen LogP contribution in [0.1, 0.15) is 17.0 Å². The van der Waals surface area contributed by atoms with Gasteiger partial charge in [0.25, 0.3) is 0 Å². The number of nitrogens with zero attached hydrogens (tertiary/aromatic N) is 3. The van der Waals surface area contributed by atoms with E-state index in [9.17, 15) is 4.79 Å². The minimum Gasteiger partial charge on any atom is -0.265 e. The van der Waals surface area contributed by atoms with Crippen LogP contribution in [0.3, 0.4) is 0 Å². The molecule has 0 spiro atoms. The summed E-state index contributed by atoms with van der Waals surface area (Å²) in [5.41, 5.74) is 3.81. The molecule has 0 N–H and O–H groups in total. The lowest BCUT2D eigenvalue weighted by atomic mass is 10.2. The van der Waals surface area contributed by atoms with Crippen LogP contribution in [0, 0.1) is 13.8 Å². The van der Waals surface area contributed by atoms with E-state index < -0.39 is 0 Å². The molecule has 86 valence electrons. The number of hydrogen-bond acceptors (Lipinski definition) is 3. The lowest BCUT2D eigenvalue weighted by molar-refractivity contribution is 0.565. The molecule has 0 bridgehead atoms. The van der Waals surface area contributed by atoms with Crippen molar-refractivity contribution >= 4 is 11.8 Å². The zero-order valence-corrected chi connectivity index (χ0v) is 9.84. The molecule has 2 rings (SSSR count). The zero-order valence-electron chi connectivity index (χ0n) is 9.84. The summed E-state index contributed by atoms with van der Waals surface area (Å²) in [5, 5.41) is 4.39. The first-order chi connectivity index (χ1) is 8.19. The number of isocyanates is 1. The fourth-order valence-corrected chi connectivity index (χ4v) is 1.79. The van der Waals surface area contributed by atoms with E-state index in [2.05, 4.69) is 10.1 Å². The third kappa shape index (κ3) is 2.68. The Labute approximate surface area is 99.6 Å². The number of aryl methyl sites for hydroxylation is 2. The summed E-state index contributed by atoms with van der Waals surface area (Å²) >= 11 is 0. The predicted octanol–water partition coefficient (Wildman–Crippen LogP) is 2.52. The van der Waals surface area contributed by atoms with Gasteiger partial charge in [-0.15, -0.1) is 0 Å². The summed E-state index contributed by atoms with van der Waals surface area (Å²) in [7, 11) is 0. The van der Waals surface area contributed by atoms with Crippen LogP contribution in [0.5, 0.6) is 0 Å². The van der Waals surface area contributed by atoms with E-state index in [0.717, 1.165) is 17.0 Å². The molecule has 0 radical (unpaired) electrons. The van der Waals surface area contributed by atoms with Gasteiger partial charge in [-0.3, -0.25) is 4.68 Å². The van der Waals surface area contributed by atoms with Gasteiger partial charge in [0.05, 0.1) is 17.9 Å². The molecule has 4 nitrogen and oxygen atoms in total. The molecule has 0 atom stereocenters. The first kappa shape index (κ1) is 11.3. The number of hydrogen-bond donors (Lipinski definition) is 0. The van der Waals surface area contributed by atoms with Gasteiger partial charge < -0.3 is 0 Å². The van der Waals surface area contributed by atoms with Crippen molar-refractivity contribution < 1.29 is 4.79 Å². The highest BCUT2D eigenvalue weighted by molar-refractivity contribution is 5.49. The van der Waals surface area contributed by atoms with Crippen LogP contribution >= 0.6 is 0 Å². The van der Waals surface area contributed by atoms with Crippen molar-refractivity contribution in [2.45, 2.75) is 20.4 Å². The van der Waals surface area contributed by atoms with Crippen molar-refractivity contribution in [3.63, 3.8) is 0 Å².